The lowest BCUT2D eigenvalue weighted by atomic mass is 9.89. The summed E-state index contributed by atoms with van der Waals surface area (Å²) in [6.07, 6.45) is 3.18. The fourth-order valence-corrected chi connectivity index (χ4v) is 1.54. The normalized spacial score (nSPS) is 11.0. The van der Waals surface area contributed by atoms with Crippen LogP contribution in [0.15, 0.2) is 12.3 Å². The average Bonchev–Trinajstić information content (AvgIpc) is 2.83. The quantitative estimate of drug-likeness (QED) is 0.666. The van der Waals surface area contributed by atoms with Crippen LogP contribution in [0.3, 0.4) is 0 Å². The molecule has 0 aliphatic heterocycles. The van der Waals surface area contributed by atoms with Gasteiger partial charge in [-0.25, -0.2) is 0 Å². The highest BCUT2D eigenvalue weighted by Gasteiger charge is 2.15. The molecule has 1 aromatic rings. The van der Waals surface area contributed by atoms with E-state index in [4.69, 9.17) is 10.4 Å². The molecule has 3 N–H and O–H groups in total. The van der Waals surface area contributed by atoms with Gasteiger partial charge in [-0.3, -0.25) is 4.79 Å². The molecule has 18 heavy (non-hydrogen) atoms. The van der Waals surface area contributed by atoms with Crippen LogP contribution in [0.1, 0.15) is 42.7 Å². The summed E-state index contributed by atoms with van der Waals surface area (Å²) in [5.41, 5.74) is 0.738. The summed E-state index contributed by atoms with van der Waals surface area (Å²) in [5, 5.41) is 20.5. The van der Waals surface area contributed by atoms with Crippen molar-refractivity contribution in [3.63, 3.8) is 0 Å². The maximum absolute atomic E-state index is 11.7. The third kappa shape index (κ3) is 4.22. The molecular weight excluding hydrogens is 230 g/mol. The second kappa shape index (κ2) is 6.22. The topological polar surface area (TPSA) is 88.9 Å². The van der Waals surface area contributed by atoms with E-state index in [1.54, 1.807) is 0 Å². The van der Waals surface area contributed by atoms with Gasteiger partial charge in [0.05, 0.1) is 5.56 Å². The smallest absolute Gasteiger partial charge is 0.252 e. The first-order chi connectivity index (χ1) is 8.48. The van der Waals surface area contributed by atoms with Crippen molar-refractivity contribution < 1.29 is 9.90 Å². The Bertz CT molecular complexity index is 443. The van der Waals surface area contributed by atoms with Gasteiger partial charge >= 0.3 is 0 Å². The van der Waals surface area contributed by atoms with E-state index in [2.05, 4.69) is 10.3 Å². The van der Waals surface area contributed by atoms with Crippen molar-refractivity contribution in [2.24, 2.45) is 5.41 Å². The standard InChI is InChI=1S/C13H19N3O2/c1-13(2,9-17)4-3-5-15-12(18)10-6-11(7-14)16-8-10/h6,8,16-17H,3-5,9H2,1-2H3,(H,15,18). The molecular formula is C13H19N3O2. The Morgan fingerprint density at radius 1 is 1.61 bits per heavy atom. The molecule has 0 saturated heterocycles. The number of carbonyl (C=O) groups excluding carboxylic acids is 1. The predicted molar refractivity (Wildman–Crippen MR) is 67.9 cm³/mol. The van der Waals surface area contributed by atoms with E-state index in [-0.39, 0.29) is 17.9 Å². The predicted octanol–water partition coefficient (Wildman–Crippen LogP) is 1.41. The molecule has 0 aliphatic carbocycles. The van der Waals surface area contributed by atoms with E-state index in [1.165, 1.54) is 12.3 Å². The van der Waals surface area contributed by atoms with Crippen LogP contribution in [0.25, 0.3) is 0 Å². The van der Waals surface area contributed by atoms with Gasteiger partial charge in [0.1, 0.15) is 11.8 Å². The molecule has 5 nitrogen and oxygen atoms in total. The minimum absolute atomic E-state index is 0.104. The number of aliphatic hydroxyl groups excluding tert-OH is 1. The molecule has 0 radical (unpaired) electrons. The SMILES string of the molecule is CC(C)(CO)CCCNC(=O)c1c[nH]c(C#N)c1. The Balaban J connectivity index is 2.32. The van der Waals surface area contributed by atoms with Gasteiger partial charge in [0.2, 0.25) is 0 Å². The molecule has 1 rings (SSSR count). The summed E-state index contributed by atoms with van der Waals surface area (Å²) < 4.78 is 0. The number of hydrogen-bond donors (Lipinski definition) is 3. The number of rotatable bonds is 6. The molecule has 0 fully saturated rings. The van der Waals surface area contributed by atoms with E-state index in [1.807, 2.05) is 19.9 Å². The van der Waals surface area contributed by atoms with Crippen LogP contribution in [0, 0.1) is 16.7 Å². The zero-order chi connectivity index (χ0) is 13.6. The molecule has 0 aromatic carbocycles. The first-order valence-corrected chi connectivity index (χ1v) is 5.96. The zero-order valence-electron chi connectivity index (χ0n) is 10.8. The van der Waals surface area contributed by atoms with Crippen molar-refractivity contribution in [2.75, 3.05) is 13.2 Å². The molecule has 1 amide bonds. The van der Waals surface area contributed by atoms with Crippen LogP contribution in [-0.2, 0) is 0 Å². The number of nitriles is 1. The Hall–Kier alpha value is -1.80. The average molecular weight is 249 g/mol. The monoisotopic (exact) mass is 249 g/mol. The van der Waals surface area contributed by atoms with Crippen LogP contribution in [-0.4, -0.2) is 29.1 Å². The van der Waals surface area contributed by atoms with Gasteiger partial charge in [-0.1, -0.05) is 13.8 Å². The van der Waals surface area contributed by atoms with Crippen molar-refractivity contribution in [1.29, 1.82) is 5.26 Å². The highest BCUT2D eigenvalue weighted by atomic mass is 16.3. The van der Waals surface area contributed by atoms with Gasteiger partial charge in [0.15, 0.2) is 0 Å². The van der Waals surface area contributed by atoms with Crippen LogP contribution in [0.2, 0.25) is 0 Å². The minimum atomic E-state index is -0.186. The van der Waals surface area contributed by atoms with Crippen molar-refractivity contribution in [2.45, 2.75) is 26.7 Å². The van der Waals surface area contributed by atoms with E-state index in [9.17, 15) is 4.79 Å². The number of aromatic nitrogens is 1. The summed E-state index contributed by atoms with van der Waals surface area (Å²) in [6, 6.07) is 3.45. The fourth-order valence-electron chi connectivity index (χ4n) is 1.54. The van der Waals surface area contributed by atoms with Crippen molar-refractivity contribution in [3.8, 4) is 6.07 Å². The third-order valence-corrected chi connectivity index (χ3v) is 2.81. The number of nitrogens with zero attached hydrogens (tertiary/aromatic N) is 1. The van der Waals surface area contributed by atoms with Crippen molar-refractivity contribution in [1.82, 2.24) is 10.3 Å². The molecule has 1 aromatic heterocycles. The molecule has 0 atom stereocenters. The summed E-state index contributed by atoms with van der Waals surface area (Å²) in [6.45, 7) is 4.68. The summed E-state index contributed by atoms with van der Waals surface area (Å²) >= 11 is 0. The number of H-pyrrole nitrogens is 1. The van der Waals surface area contributed by atoms with Crippen LogP contribution in [0.5, 0.6) is 0 Å². The highest BCUT2D eigenvalue weighted by molar-refractivity contribution is 5.94. The molecule has 0 saturated carbocycles. The Labute approximate surface area is 107 Å². The van der Waals surface area contributed by atoms with E-state index in [0.717, 1.165) is 12.8 Å². The Morgan fingerprint density at radius 2 is 2.33 bits per heavy atom. The lowest BCUT2D eigenvalue weighted by Gasteiger charge is -2.21. The lowest BCUT2D eigenvalue weighted by molar-refractivity contribution is 0.0948. The van der Waals surface area contributed by atoms with Crippen LogP contribution >= 0.6 is 0 Å². The first kappa shape index (κ1) is 14.3. The molecule has 98 valence electrons. The Morgan fingerprint density at radius 3 is 2.89 bits per heavy atom. The van der Waals surface area contributed by atoms with Gasteiger partial charge in [-0.15, -0.1) is 0 Å². The molecule has 1 heterocycles. The number of amides is 1. The number of aliphatic hydroxyl groups is 1. The number of nitrogens with one attached hydrogen (secondary N) is 2. The number of carbonyl (C=O) groups is 1. The lowest BCUT2D eigenvalue weighted by Crippen LogP contribution is -2.26. The van der Waals surface area contributed by atoms with Gasteiger partial charge in [-0.05, 0) is 24.3 Å². The number of aromatic amines is 1. The third-order valence-electron chi connectivity index (χ3n) is 2.81. The maximum atomic E-state index is 11.7. The van der Waals surface area contributed by atoms with Crippen LogP contribution < -0.4 is 5.32 Å². The fraction of sp³-hybridized carbons (Fsp3) is 0.538. The largest absolute Gasteiger partial charge is 0.396 e. The Kier molecular flexibility index (Phi) is 4.93. The zero-order valence-corrected chi connectivity index (χ0v) is 10.8. The van der Waals surface area contributed by atoms with Crippen molar-refractivity contribution in [3.05, 3.63) is 23.5 Å². The summed E-state index contributed by atoms with van der Waals surface area (Å²) in [4.78, 5) is 14.4. The van der Waals surface area contributed by atoms with Crippen LogP contribution in [0.4, 0.5) is 0 Å². The van der Waals surface area contributed by atoms with E-state index >= 15 is 0 Å². The van der Waals surface area contributed by atoms with E-state index in [0.29, 0.717) is 17.8 Å². The molecule has 0 bridgehead atoms. The first-order valence-electron chi connectivity index (χ1n) is 5.96. The van der Waals surface area contributed by atoms with Gasteiger partial charge in [-0.2, -0.15) is 5.26 Å². The summed E-state index contributed by atoms with van der Waals surface area (Å²) in [7, 11) is 0. The highest BCUT2D eigenvalue weighted by Crippen LogP contribution is 2.20. The molecule has 0 unspecified atom stereocenters. The minimum Gasteiger partial charge on any atom is -0.396 e. The number of hydrogen-bond acceptors (Lipinski definition) is 3. The maximum Gasteiger partial charge on any atom is 0.252 e. The molecule has 0 aliphatic rings. The van der Waals surface area contributed by atoms with Gasteiger partial charge in [0.25, 0.3) is 5.91 Å². The molecule has 0 spiro atoms. The van der Waals surface area contributed by atoms with Crippen molar-refractivity contribution >= 4 is 5.91 Å². The second-order valence-electron chi connectivity index (χ2n) is 5.10. The molecule has 5 heteroatoms. The summed E-state index contributed by atoms with van der Waals surface area (Å²) in [5.74, 6) is -0.186. The van der Waals surface area contributed by atoms with E-state index < -0.39 is 0 Å². The second-order valence-corrected chi connectivity index (χ2v) is 5.10. The van der Waals surface area contributed by atoms with Gasteiger partial charge in [0, 0.05) is 19.3 Å². The van der Waals surface area contributed by atoms with Gasteiger partial charge < -0.3 is 15.4 Å².